The predicted octanol–water partition coefficient (Wildman–Crippen LogP) is 2.20. The van der Waals surface area contributed by atoms with Crippen molar-refractivity contribution in [2.45, 2.75) is 97.0 Å². The molecule has 3 rings (SSSR count). The minimum absolute atomic E-state index is 0.208. The number of fused-ring (bicyclic) bond motifs is 4. The lowest BCUT2D eigenvalue weighted by Crippen LogP contribution is -2.66. The Kier molecular flexibility index (Phi) is 10.5. The Morgan fingerprint density at radius 3 is 2.42 bits per heavy atom. The lowest BCUT2D eigenvalue weighted by molar-refractivity contribution is -0.147. The fraction of sp³-hybridized carbons (Fsp3) is 0.600. The van der Waals surface area contributed by atoms with Gasteiger partial charge in [-0.05, 0) is 69.6 Å². The van der Waals surface area contributed by atoms with E-state index < -0.39 is 41.5 Å². The van der Waals surface area contributed by atoms with Crippen molar-refractivity contribution in [2.24, 2.45) is 11.8 Å². The van der Waals surface area contributed by atoms with Crippen LogP contribution in [-0.2, 0) is 19.2 Å². The minimum Gasteiger partial charge on any atom is -0.392 e. The van der Waals surface area contributed by atoms with Crippen LogP contribution in [0.3, 0.4) is 0 Å². The summed E-state index contributed by atoms with van der Waals surface area (Å²) in [5, 5.41) is 20.7. The van der Waals surface area contributed by atoms with Gasteiger partial charge in [0.1, 0.15) is 17.6 Å². The van der Waals surface area contributed by atoms with Crippen molar-refractivity contribution in [1.82, 2.24) is 26.4 Å². The minimum atomic E-state index is -1.30. The summed E-state index contributed by atoms with van der Waals surface area (Å²) in [5.41, 5.74) is 3.65. The second kappa shape index (κ2) is 13.4. The van der Waals surface area contributed by atoms with Crippen LogP contribution in [0.2, 0.25) is 0 Å². The van der Waals surface area contributed by atoms with E-state index in [1.54, 1.807) is 34.6 Å². The molecular weight excluding hydrogens is 510 g/mol. The van der Waals surface area contributed by atoms with Crippen LogP contribution < -0.4 is 21.4 Å². The molecule has 10 heteroatoms. The molecule has 2 aliphatic rings. The molecule has 220 valence electrons. The van der Waals surface area contributed by atoms with Crippen molar-refractivity contribution >= 4 is 29.7 Å². The van der Waals surface area contributed by atoms with E-state index >= 15 is 0 Å². The zero-order valence-electron chi connectivity index (χ0n) is 24.5. The van der Waals surface area contributed by atoms with Gasteiger partial charge in [-0.1, -0.05) is 51.1 Å². The highest BCUT2D eigenvalue weighted by Crippen LogP contribution is 2.19. The Morgan fingerprint density at radius 1 is 1.00 bits per heavy atom. The molecule has 0 saturated carbocycles. The number of carbonyl (C=O) groups is 4. The molecule has 0 aromatic heterocycles. The lowest BCUT2D eigenvalue weighted by Gasteiger charge is -2.39. The summed E-state index contributed by atoms with van der Waals surface area (Å²) in [5.74, 6) is -2.49. The third-order valence-electron chi connectivity index (χ3n) is 7.66. The molecule has 2 aliphatic heterocycles. The average Bonchev–Trinajstić information content (AvgIpc) is 2.92. The Hall–Kier alpha value is -3.24. The first kappa shape index (κ1) is 31.3. The van der Waals surface area contributed by atoms with Crippen LogP contribution in [0.15, 0.2) is 30.3 Å². The van der Waals surface area contributed by atoms with E-state index in [9.17, 15) is 24.3 Å². The average molecular weight is 556 g/mol. The summed E-state index contributed by atoms with van der Waals surface area (Å²) in [4.78, 5) is 52.9. The van der Waals surface area contributed by atoms with Gasteiger partial charge in [0.25, 0.3) is 5.91 Å². The molecule has 0 spiro atoms. The van der Waals surface area contributed by atoms with E-state index in [0.717, 1.165) is 11.1 Å². The maximum Gasteiger partial charge on any atom is 0.261 e. The first-order valence-electron chi connectivity index (χ1n) is 14.3. The van der Waals surface area contributed by atoms with Gasteiger partial charge >= 0.3 is 0 Å². The molecule has 5 N–H and O–H groups in total. The van der Waals surface area contributed by atoms with Crippen LogP contribution >= 0.6 is 0 Å². The van der Waals surface area contributed by atoms with Crippen LogP contribution in [0.5, 0.6) is 0 Å². The first-order chi connectivity index (χ1) is 18.8. The Morgan fingerprint density at radius 2 is 1.73 bits per heavy atom. The number of aliphatic hydroxyl groups excluding tert-OH is 1. The van der Waals surface area contributed by atoms with E-state index in [1.807, 2.05) is 43.3 Å². The van der Waals surface area contributed by atoms with Gasteiger partial charge in [-0.2, -0.15) is 0 Å². The quantitative estimate of drug-likeness (QED) is 0.360. The Labute approximate surface area is 237 Å². The zero-order chi connectivity index (χ0) is 29.6. The number of hydrogen-bond donors (Lipinski definition) is 5. The third-order valence-corrected chi connectivity index (χ3v) is 7.66. The number of allylic oxidation sites excluding steroid dienone is 1. The van der Waals surface area contributed by atoms with Crippen LogP contribution in [0.25, 0.3) is 6.08 Å². The number of benzene rings is 1. The lowest BCUT2D eigenvalue weighted by atomic mass is 9.95. The number of hydrogen-bond acceptors (Lipinski definition) is 6. The number of hydrazine groups is 1. The van der Waals surface area contributed by atoms with Crippen LogP contribution in [0.1, 0.15) is 84.4 Å². The molecule has 5 atom stereocenters. The number of aliphatic hydroxyl groups is 1. The first-order valence-corrected chi connectivity index (χ1v) is 14.3. The summed E-state index contributed by atoms with van der Waals surface area (Å²) in [6.07, 6.45) is 5.14. The molecule has 4 unspecified atom stereocenters. The molecule has 40 heavy (non-hydrogen) atoms. The normalized spacial score (nSPS) is 29.9. The fourth-order valence-corrected chi connectivity index (χ4v) is 4.96. The molecule has 10 nitrogen and oxygen atoms in total. The topological polar surface area (TPSA) is 140 Å². The molecular formula is C30H45N5O5. The SMILES string of the molecule is CC(C)C1NC(=O)C(C)C(O)CC/C=C/c2cccc(c2)[C@@H](C)NC(=O)C2CCCN(N2)C(=O)C(C)(C)NC1=O. The van der Waals surface area contributed by atoms with Crippen molar-refractivity contribution in [3.63, 3.8) is 0 Å². The highest BCUT2D eigenvalue weighted by atomic mass is 16.3. The molecule has 0 radical (unpaired) electrons. The summed E-state index contributed by atoms with van der Waals surface area (Å²) in [6, 6.07) is 6.10. The molecule has 0 aliphatic carbocycles. The maximum atomic E-state index is 13.5. The van der Waals surface area contributed by atoms with Crippen molar-refractivity contribution in [3.8, 4) is 0 Å². The number of nitrogens with one attached hydrogen (secondary N) is 4. The van der Waals surface area contributed by atoms with Gasteiger partial charge in [0, 0.05) is 6.54 Å². The predicted molar refractivity (Wildman–Crippen MR) is 153 cm³/mol. The molecule has 1 fully saturated rings. The molecule has 2 heterocycles. The Balaban J connectivity index is 1.89. The van der Waals surface area contributed by atoms with E-state index in [2.05, 4.69) is 21.4 Å². The molecule has 1 saturated heterocycles. The summed E-state index contributed by atoms with van der Waals surface area (Å²) in [7, 11) is 0. The molecule has 4 bridgehead atoms. The van der Waals surface area contributed by atoms with Gasteiger partial charge in [0.2, 0.25) is 17.7 Å². The number of carbonyl (C=O) groups excluding carboxylic acids is 4. The van der Waals surface area contributed by atoms with E-state index in [1.165, 1.54) is 5.01 Å². The fourth-order valence-electron chi connectivity index (χ4n) is 4.96. The van der Waals surface area contributed by atoms with E-state index in [0.29, 0.717) is 32.2 Å². The summed E-state index contributed by atoms with van der Waals surface area (Å²) >= 11 is 0. The van der Waals surface area contributed by atoms with Crippen LogP contribution in [0.4, 0.5) is 0 Å². The van der Waals surface area contributed by atoms with Crippen molar-refractivity contribution < 1.29 is 24.3 Å². The smallest absolute Gasteiger partial charge is 0.261 e. The zero-order valence-corrected chi connectivity index (χ0v) is 24.5. The molecule has 1 aromatic carbocycles. The second-order valence-electron chi connectivity index (χ2n) is 11.9. The van der Waals surface area contributed by atoms with E-state index in [4.69, 9.17) is 0 Å². The van der Waals surface area contributed by atoms with Gasteiger partial charge in [0.05, 0.1) is 18.1 Å². The van der Waals surface area contributed by atoms with Crippen molar-refractivity contribution in [3.05, 3.63) is 41.5 Å². The number of rotatable bonds is 1. The number of nitrogens with zero attached hydrogens (tertiary/aromatic N) is 1. The van der Waals surface area contributed by atoms with Gasteiger partial charge in [-0.15, -0.1) is 0 Å². The van der Waals surface area contributed by atoms with Gasteiger partial charge in [-0.25, -0.2) is 5.43 Å². The summed E-state index contributed by atoms with van der Waals surface area (Å²) < 4.78 is 0. The standard InChI is InChI=1S/C30H45N5O5/c1-18(2)25-28(39)33-30(5,6)29(40)35-16-10-14-23(34-35)27(38)31-20(4)22-13-9-12-21(17-22)11-7-8-15-24(36)19(3)26(37)32-25/h7,9,11-13,17-20,23-25,34,36H,8,10,14-16H2,1-6H3,(H,31,38)(H,32,37)(H,33,39)/b11-7+/t19?,20-,23?,24?,25?/m1/s1. The summed E-state index contributed by atoms with van der Waals surface area (Å²) in [6.45, 7) is 10.8. The van der Waals surface area contributed by atoms with E-state index in [-0.39, 0.29) is 23.8 Å². The Bertz CT molecular complexity index is 1120. The highest BCUT2D eigenvalue weighted by molar-refractivity contribution is 5.94. The number of amides is 4. The molecule has 4 amide bonds. The van der Waals surface area contributed by atoms with Crippen molar-refractivity contribution in [2.75, 3.05) is 6.54 Å². The van der Waals surface area contributed by atoms with Gasteiger partial charge in [-0.3, -0.25) is 24.2 Å². The van der Waals surface area contributed by atoms with Gasteiger partial charge in [0.15, 0.2) is 0 Å². The maximum absolute atomic E-state index is 13.5. The van der Waals surface area contributed by atoms with Crippen LogP contribution in [-0.4, -0.2) is 64.0 Å². The van der Waals surface area contributed by atoms with Crippen LogP contribution in [0, 0.1) is 11.8 Å². The monoisotopic (exact) mass is 555 g/mol. The third kappa shape index (κ3) is 7.91. The van der Waals surface area contributed by atoms with Gasteiger partial charge < -0.3 is 21.1 Å². The molecule has 1 aromatic rings. The largest absolute Gasteiger partial charge is 0.392 e. The second-order valence-corrected chi connectivity index (χ2v) is 11.9. The van der Waals surface area contributed by atoms with Crippen molar-refractivity contribution in [1.29, 1.82) is 0 Å². The highest BCUT2D eigenvalue weighted by Gasteiger charge is 2.39.